The van der Waals surface area contributed by atoms with Crippen LogP contribution >= 0.6 is 0 Å². The molecule has 2 aromatic carbocycles. The van der Waals surface area contributed by atoms with Gasteiger partial charge in [-0.05, 0) is 18.2 Å². The molecule has 146 valence electrons. The van der Waals surface area contributed by atoms with Crippen LogP contribution in [0.15, 0.2) is 48.5 Å². The lowest BCUT2D eigenvalue weighted by molar-refractivity contribution is -0.383. The number of hydrogen-bond acceptors (Lipinski definition) is 7. The molecule has 2 rings (SSSR count). The normalized spacial score (nSPS) is 10.4. The molecule has 2 aromatic rings. The van der Waals surface area contributed by atoms with E-state index in [2.05, 4.69) is 5.32 Å². The Morgan fingerprint density at radius 3 is 2.54 bits per heavy atom. The number of anilines is 1. The third-order valence-corrected chi connectivity index (χ3v) is 3.55. The van der Waals surface area contributed by atoms with Crippen molar-refractivity contribution in [2.45, 2.75) is 0 Å². The molecule has 0 aliphatic heterocycles. The molecule has 0 saturated carbocycles. The largest absolute Gasteiger partial charge is 0.493 e. The summed E-state index contributed by atoms with van der Waals surface area (Å²) in [7, 11) is 2.97. The first kappa shape index (κ1) is 20.4. The zero-order valence-electron chi connectivity index (χ0n) is 15.2. The van der Waals surface area contributed by atoms with E-state index in [-0.39, 0.29) is 11.4 Å². The number of nitro benzene ring substituents is 1. The van der Waals surface area contributed by atoms with Crippen LogP contribution in [0.1, 0.15) is 5.56 Å². The average Bonchev–Trinajstić information content (AvgIpc) is 2.70. The van der Waals surface area contributed by atoms with Crippen molar-refractivity contribution in [1.82, 2.24) is 0 Å². The van der Waals surface area contributed by atoms with E-state index >= 15 is 0 Å². The van der Waals surface area contributed by atoms with Crippen LogP contribution in [-0.4, -0.2) is 37.6 Å². The highest BCUT2D eigenvalue weighted by Crippen LogP contribution is 2.31. The third-order valence-electron chi connectivity index (χ3n) is 3.55. The number of benzene rings is 2. The van der Waals surface area contributed by atoms with Crippen molar-refractivity contribution >= 4 is 29.3 Å². The molecule has 0 bridgehead atoms. The highest BCUT2D eigenvalue weighted by Gasteiger charge is 2.15. The summed E-state index contributed by atoms with van der Waals surface area (Å²) in [6, 6.07) is 10.8. The number of nitrogens with zero attached hydrogens (tertiary/aromatic N) is 1. The van der Waals surface area contributed by atoms with Gasteiger partial charge >= 0.3 is 5.97 Å². The molecule has 0 heterocycles. The van der Waals surface area contributed by atoms with Gasteiger partial charge in [-0.1, -0.05) is 24.3 Å². The minimum absolute atomic E-state index is 0.0187. The standard InChI is InChI=1S/C19H18N2O7/c1-26-16-9-5-6-13(19(16)27-2)10-11-18(23)28-12-17(22)20-14-7-3-4-8-15(14)21(24)25/h3-11H,12H2,1-2H3,(H,20,22)/b11-10+. The van der Waals surface area contributed by atoms with Crippen molar-refractivity contribution in [2.75, 3.05) is 26.1 Å². The van der Waals surface area contributed by atoms with Gasteiger partial charge < -0.3 is 19.5 Å². The summed E-state index contributed by atoms with van der Waals surface area (Å²) in [4.78, 5) is 34.0. The van der Waals surface area contributed by atoms with Gasteiger partial charge in [-0.3, -0.25) is 14.9 Å². The van der Waals surface area contributed by atoms with Crippen LogP contribution in [0, 0.1) is 10.1 Å². The van der Waals surface area contributed by atoms with Gasteiger partial charge in [-0.25, -0.2) is 4.79 Å². The number of hydrogen-bond donors (Lipinski definition) is 1. The Morgan fingerprint density at radius 1 is 1.11 bits per heavy atom. The summed E-state index contributed by atoms with van der Waals surface area (Å²) in [5, 5.41) is 13.3. The fourth-order valence-corrected chi connectivity index (χ4v) is 2.31. The molecule has 0 unspecified atom stereocenters. The number of rotatable bonds is 8. The van der Waals surface area contributed by atoms with Gasteiger partial charge in [0.2, 0.25) is 0 Å². The number of esters is 1. The van der Waals surface area contributed by atoms with Gasteiger partial charge in [0, 0.05) is 17.7 Å². The number of nitrogens with one attached hydrogen (secondary N) is 1. The van der Waals surface area contributed by atoms with Crippen molar-refractivity contribution in [3.63, 3.8) is 0 Å². The van der Waals surface area contributed by atoms with E-state index in [1.54, 1.807) is 24.3 Å². The van der Waals surface area contributed by atoms with E-state index in [1.807, 2.05) is 0 Å². The SMILES string of the molecule is COc1cccc(/C=C/C(=O)OCC(=O)Nc2ccccc2[N+](=O)[O-])c1OC. The summed E-state index contributed by atoms with van der Waals surface area (Å²) >= 11 is 0. The number of nitro groups is 1. The van der Waals surface area contributed by atoms with E-state index in [0.717, 1.165) is 6.08 Å². The van der Waals surface area contributed by atoms with Crippen molar-refractivity contribution in [3.8, 4) is 11.5 Å². The van der Waals surface area contributed by atoms with Gasteiger partial charge in [0.05, 0.1) is 19.1 Å². The van der Waals surface area contributed by atoms with Crippen LogP contribution in [0.4, 0.5) is 11.4 Å². The Labute approximate surface area is 160 Å². The Hall–Kier alpha value is -3.88. The first-order valence-corrected chi connectivity index (χ1v) is 8.05. The molecule has 9 nitrogen and oxygen atoms in total. The Bertz CT molecular complexity index is 909. The molecular weight excluding hydrogens is 368 g/mol. The second kappa shape index (κ2) is 9.72. The molecule has 9 heteroatoms. The molecule has 0 aromatic heterocycles. The van der Waals surface area contributed by atoms with Gasteiger partial charge in [0.25, 0.3) is 11.6 Å². The van der Waals surface area contributed by atoms with Gasteiger partial charge in [0.15, 0.2) is 18.1 Å². The highest BCUT2D eigenvalue weighted by atomic mass is 16.6. The first-order valence-electron chi connectivity index (χ1n) is 8.05. The van der Waals surface area contributed by atoms with Gasteiger partial charge in [0.1, 0.15) is 5.69 Å². The van der Waals surface area contributed by atoms with E-state index in [0.29, 0.717) is 17.1 Å². The fraction of sp³-hybridized carbons (Fsp3) is 0.158. The summed E-state index contributed by atoms with van der Waals surface area (Å²) in [5.74, 6) is -0.511. The number of ether oxygens (including phenoxy) is 3. The highest BCUT2D eigenvalue weighted by molar-refractivity contribution is 5.96. The van der Waals surface area contributed by atoms with Crippen molar-refractivity contribution in [2.24, 2.45) is 0 Å². The van der Waals surface area contributed by atoms with Crippen LogP contribution in [0.5, 0.6) is 11.5 Å². The quantitative estimate of drug-likeness (QED) is 0.321. The molecule has 1 amide bonds. The van der Waals surface area contributed by atoms with Gasteiger partial charge in [-0.2, -0.15) is 0 Å². The smallest absolute Gasteiger partial charge is 0.331 e. The van der Waals surface area contributed by atoms with E-state index in [9.17, 15) is 19.7 Å². The van der Waals surface area contributed by atoms with E-state index in [1.165, 1.54) is 38.5 Å². The van der Waals surface area contributed by atoms with E-state index in [4.69, 9.17) is 14.2 Å². The van der Waals surface area contributed by atoms with Crippen molar-refractivity contribution in [1.29, 1.82) is 0 Å². The van der Waals surface area contributed by atoms with Gasteiger partial charge in [-0.15, -0.1) is 0 Å². The maximum atomic E-state index is 11.9. The molecule has 0 radical (unpaired) electrons. The molecule has 0 fully saturated rings. The van der Waals surface area contributed by atoms with Crippen LogP contribution in [0.25, 0.3) is 6.08 Å². The molecule has 0 aliphatic rings. The number of methoxy groups -OCH3 is 2. The molecule has 28 heavy (non-hydrogen) atoms. The second-order valence-corrected chi connectivity index (χ2v) is 5.35. The van der Waals surface area contributed by atoms with Crippen LogP contribution < -0.4 is 14.8 Å². The summed E-state index contributed by atoms with van der Waals surface area (Å²) in [6.07, 6.45) is 2.60. The Balaban J connectivity index is 1.95. The van der Waals surface area contributed by atoms with Crippen LogP contribution in [0.3, 0.4) is 0 Å². The topological polar surface area (TPSA) is 117 Å². The van der Waals surface area contributed by atoms with E-state index < -0.39 is 23.4 Å². The minimum atomic E-state index is -0.761. The lowest BCUT2D eigenvalue weighted by atomic mass is 10.1. The fourth-order valence-electron chi connectivity index (χ4n) is 2.31. The molecule has 1 N–H and O–H groups in total. The lowest BCUT2D eigenvalue weighted by Crippen LogP contribution is -2.20. The number of carbonyl (C=O) groups is 2. The van der Waals surface area contributed by atoms with Crippen LogP contribution in [0.2, 0.25) is 0 Å². The number of para-hydroxylation sites is 3. The van der Waals surface area contributed by atoms with Crippen LogP contribution in [-0.2, 0) is 14.3 Å². The Kier molecular flexibility index (Phi) is 7.09. The lowest BCUT2D eigenvalue weighted by Gasteiger charge is -2.09. The third kappa shape index (κ3) is 5.31. The second-order valence-electron chi connectivity index (χ2n) is 5.35. The monoisotopic (exact) mass is 386 g/mol. The maximum absolute atomic E-state index is 11.9. The zero-order chi connectivity index (χ0) is 20.5. The molecule has 0 spiro atoms. The molecule has 0 aliphatic carbocycles. The summed E-state index contributed by atoms with van der Waals surface area (Å²) in [5.41, 5.74) is 0.348. The number of amides is 1. The predicted octanol–water partition coefficient (Wildman–Crippen LogP) is 2.81. The molecular formula is C19H18N2O7. The average molecular weight is 386 g/mol. The number of carbonyl (C=O) groups excluding carboxylic acids is 2. The molecule has 0 saturated heterocycles. The summed E-state index contributed by atoms with van der Waals surface area (Å²) < 4.78 is 15.3. The first-order chi connectivity index (χ1) is 13.5. The van der Waals surface area contributed by atoms with Crippen molar-refractivity contribution < 1.29 is 28.7 Å². The zero-order valence-corrected chi connectivity index (χ0v) is 15.2. The minimum Gasteiger partial charge on any atom is -0.493 e. The molecule has 0 atom stereocenters. The maximum Gasteiger partial charge on any atom is 0.331 e. The summed E-state index contributed by atoms with van der Waals surface area (Å²) in [6.45, 7) is -0.593. The van der Waals surface area contributed by atoms with Crippen molar-refractivity contribution in [3.05, 3.63) is 64.2 Å². The predicted molar refractivity (Wildman–Crippen MR) is 101 cm³/mol. The Morgan fingerprint density at radius 2 is 1.86 bits per heavy atom.